The maximum atomic E-state index is 5.41. The minimum absolute atomic E-state index is 0.985. The first kappa shape index (κ1) is 10.9. The largest absolute Gasteiger partial charge is 0.494 e. The maximum Gasteiger partial charge on any atom is 0.145 e. The molecular weight excluding hydrogens is 174 g/mol. The molecule has 78 valence electrons. The molecule has 0 unspecified atom stereocenters. The van der Waals surface area contributed by atoms with Gasteiger partial charge in [-0.3, -0.25) is 0 Å². The average molecular weight is 193 g/mol. The SMILES string of the molecule is CCN(C)c1cc(C)cc(C)c1OC. The molecule has 0 atom stereocenters. The summed E-state index contributed by atoms with van der Waals surface area (Å²) >= 11 is 0. The van der Waals surface area contributed by atoms with Crippen molar-refractivity contribution in [3.05, 3.63) is 23.3 Å². The molecule has 0 bridgehead atoms. The Kier molecular flexibility index (Phi) is 3.39. The summed E-state index contributed by atoms with van der Waals surface area (Å²) in [6.07, 6.45) is 0. The molecule has 0 spiro atoms. The smallest absolute Gasteiger partial charge is 0.145 e. The van der Waals surface area contributed by atoms with Gasteiger partial charge >= 0.3 is 0 Å². The van der Waals surface area contributed by atoms with E-state index < -0.39 is 0 Å². The third-order valence-corrected chi connectivity index (χ3v) is 2.49. The van der Waals surface area contributed by atoms with E-state index in [0.717, 1.165) is 12.3 Å². The van der Waals surface area contributed by atoms with Crippen LogP contribution in [0.1, 0.15) is 18.1 Å². The normalized spacial score (nSPS) is 10.1. The van der Waals surface area contributed by atoms with Gasteiger partial charge in [-0.15, -0.1) is 0 Å². The van der Waals surface area contributed by atoms with E-state index in [9.17, 15) is 0 Å². The Morgan fingerprint density at radius 2 is 1.93 bits per heavy atom. The standard InChI is InChI=1S/C12H19NO/c1-6-13(4)11-8-9(2)7-10(3)12(11)14-5/h7-8H,6H2,1-5H3. The van der Waals surface area contributed by atoms with Gasteiger partial charge in [0.05, 0.1) is 12.8 Å². The molecule has 0 aromatic heterocycles. The van der Waals surface area contributed by atoms with Crippen molar-refractivity contribution in [1.29, 1.82) is 0 Å². The van der Waals surface area contributed by atoms with Crippen LogP contribution in [0.5, 0.6) is 5.75 Å². The fraction of sp³-hybridized carbons (Fsp3) is 0.500. The molecule has 1 aromatic carbocycles. The Balaban J connectivity index is 3.24. The van der Waals surface area contributed by atoms with E-state index in [1.807, 2.05) is 0 Å². The lowest BCUT2D eigenvalue weighted by Crippen LogP contribution is -2.17. The van der Waals surface area contributed by atoms with Gasteiger partial charge < -0.3 is 9.64 Å². The Bertz CT molecular complexity index is 320. The van der Waals surface area contributed by atoms with E-state index in [4.69, 9.17) is 4.74 Å². The Hall–Kier alpha value is -1.18. The van der Waals surface area contributed by atoms with Crippen molar-refractivity contribution in [2.45, 2.75) is 20.8 Å². The number of hydrogen-bond acceptors (Lipinski definition) is 2. The highest BCUT2D eigenvalue weighted by atomic mass is 16.5. The number of anilines is 1. The molecule has 2 nitrogen and oxygen atoms in total. The molecule has 0 heterocycles. The zero-order valence-electron chi connectivity index (χ0n) is 9.72. The fourth-order valence-corrected chi connectivity index (χ4v) is 1.65. The van der Waals surface area contributed by atoms with Gasteiger partial charge in [-0.1, -0.05) is 6.07 Å². The van der Waals surface area contributed by atoms with E-state index in [0.29, 0.717) is 0 Å². The Morgan fingerprint density at radius 3 is 2.43 bits per heavy atom. The molecule has 0 saturated carbocycles. The van der Waals surface area contributed by atoms with Crippen molar-refractivity contribution >= 4 is 5.69 Å². The van der Waals surface area contributed by atoms with Crippen LogP contribution < -0.4 is 9.64 Å². The highest BCUT2D eigenvalue weighted by Crippen LogP contribution is 2.32. The molecule has 0 amide bonds. The summed E-state index contributed by atoms with van der Waals surface area (Å²) in [5.74, 6) is 0.986. The Morgan fingerprint density at radius 1 is 1.29 bits per heavy atom. The van der Waals surface area contributed by atoms with Crippen LogP contribution in [0.15, 0.2) is 12.1 Å². The van der Waals surface area contributed by atoms with Gasteiger partial charge in [0.15, 0.2) is 0 Å². The zero-order valence-corrected chi connectivity index (χ0v) is 9.72. The number of rotatable bonds is 3. The Labute approximate surface area is 86.5 Å². The topological polar surface area (TPSA) is 12.5 Å². The van der Waals surface area contributed by atoms with Gasteiger partial charge in [-0.25, -0.2) is 0 Å². The number of nitrogens with zero attached hydrogens (tertiary/aromatic N) is 1. The molecule has 0 aliphatic carbocycles. The van der Waals surface area contributed by atoms with Crippen LogP contribution >= 0.6 is 0 Å². The van der Waals surface area contributed by atoms with Gasteiger partial charge in [0.1, 0.15) is 5.75 Å². The summed E-state index contributed by atoms with van der Waals surface area (Å²) < 4.78 is 5.41. The number of hydrogen-bond donors (Lipinski definition) is 0. The summed E-state index contributed by atoms with van der Waals surface area (Å²) in [5, 5.41) is 0. The molecule has 1 rings (SSSR count). The van der Waals surface area contributed by atoms with Gasteiger partial charge in [-0.2, -0.15) is 0 Å². The third kappa shape index (κ3) is 2.00. The first-order valence-electron chi connectivity index (χ1n) is 4.96. The van der Waals surface area contributed by atoms with Crippen LogP contribution in [0.3, 0.4) is 0 Å². The predicted molar refractivity (Wildman–Crippen MR) is 61.4 cm³/mol. The predicted octanol–water partition coefficient (Wildman–Crippen LogP) is 2.77. The first-order chi connectivity index (χ1) is 6.60. The second-order valence-electron chi connectivity index (χ2n) is 3.65. The summed E-state index contributed by atoms with van der Waals surface area (Å²) in [5.41, 5.74) is 3.65. The van der Waals surface area contributed by atoms with Crippen molar-refractivity contribution in [3.8, 4) is 5.75 Å². The van der Waals surface area contributed by atoms with E-state index in [1.54, 1.807) is 7.11 Å². The molecule has 0 N–H and O–H groups in total. The number of ether oxygens (including phenoxy) is 1. The molecule has 1 aromatic rings. The molecule has 0 radical (unpaired) electrons. The number of methoxy groups -OCH3 is 1. The minimum Gasteiger partial charge on any atom is -0.494 e. The number of aryl methyl sites for hydroxylation is 2. The third-order valence-electron chi connectivity index (χ3n) is 2.49. The van der Waals surface area contributed by atoms with Crippen LogP contribution in [0.4, 0.5) is 5.69 Å². The summed E-state index contributed by atoms with van der Waals surface area (Å²) in [7, 11) is 3.81. The molecule has 0 aliphatic rings. The number of benzene rings is 1. The quantitative estimate of drug-likeness (QED) is 0.732. The van der Waals surface area contributed by atoms with Crippen LogP contribution in [-0.2, 0) is 0 Å². The lowest BCUT2D eigenvalue weighted by Gasteiger charge is -2.21. The monoisotopic (exact) mass is 193 g/mol. The van der Waals surface area contributed by atoms with E-state index in [1.165, 1.54) is 16.8 Å². The summed E-state index contributed by atoms with van der Waals surface area (Å²) in [6.45, 7) is 7.31. The lowest BCUT2D eigenvalue weighted by atomic mass is 10.1. The molecular formula is C12H19NO. The van der Waals surface area contributed by atoms with Crippen molar-refractivity contribution < 1.29 is 4.74 Å². The zero-order chi connectivity index (χ0) is 10.7. The van der Waals surface area contributed by atoms with Gasteiger partial charge in [0.2, 0.25) is 0 Å². The van der Waals surface area contributed by atoms with Crippen molar-refractivity contribution in [2.24, 2.45) is 0 Å². The van der Waals surface area contributed by atoms with Crippen LogP contribution in [0, 0.1) is 13.8 Å². The van der Waals surface area contributed by atoms with Crippen LogP contribution in [-0.4, -0.2) is 20.7 Å². The van der Waals surface area contributed by atoms with Crippen LogP contribution in [0.2, 0.25) is 0 Å². The molecule has 0 saturated heterocycles. The molecule has 0 fully saturated rings. The van der Waals surface area contributed by atoms with E-state index >= 15 is 0 Å². The second-order valence-corrected chi connectivity index (χ2v) is 3.65. The van der Waals surface area contributed by atoms with Gasteiger partial charge in [-0.05, 0) is 38.0 Å². The fourth-order valence-electron chi connectivity index (χ4n) is 1.65. The minimum atomic E-state index is 0.985. The van der Waals surface area contributed by atoms with Crippen molar-refractivity contribution in [3.63, 3.8) is 0 Å². The van der Waals surface area contributed by atoms with Crippen LogP contribution in [0.25, 0.3) is 0 Å². The van der Waals surface area contributed by atoms with Gasteiger partial charge in [0, 0.05) is 13.6 Å². The average Bonchev–Trinajstić information content (AvgIpc) is 2.15. The van der Waals surface area contributed by atoms with E-state index in [-0.39, 0.29) is 0 Å². The molecule has 14 heavy (non-hydrogen) atoms. The highest BCUT2D eigenvalue weighted by Gasteiger charge is 2.09. The van der Waals surface area contributed by atoms with Crippen molar-refractivity contribution in [1.82, 2.24) is 0 Å². The highest BCUT2D eigenvalue weighted by molar-refractivity contribution is 5.62. The van der Waals surface area contributed by atoms with Crippen molar-refractivity contribution in [2.75, 3.05) is 25.6 Å². The summed E-state index contributed by atoms with van der Waals surface area (Å²) in [6, 6.07) is 4.31. The van der Waals surface area contributed by atoms with Gasteiger partial charge in [0.25, 0.3) is 0 Å². The maximum absolute atomic E-state index is 5.41. The second kappa shape index (κ2) is 4.36. The molecule has 0 aliphatic heterocycles. The lowest BCUT2D eigenvalue weighted by molar-refractivity contribution is 0.412. The first-order valence-corrected chi connectivity index (χ1v) is 4.96. The molecule has 2 heteroatoms. The summed E-state index contributed by atoms with van der Waals surface area (Å²) in [4.78, 5) is 2.19. The van der Waals surface area contributed by atoms with E-state index in [2.05, 4.69) is 44.9 Å².